The predicted molar refractivity (Wildman–Crippen MR) is 100 cm³/mol. The minimum absolute atomic E-state index is 0.243. The number of hydrogen-bond acceptors (Lipinski definition) is 3. The molecule has 140 valence electrons. The van der Waals surface area contributed by atoms with Crippen LogP contribution in [0.25, 0.3) is 0 Å². The number of carboxylic acid groups (broad SMARTS) is 1. The maximum absolute atomic E-state index is 13.0. The zero-order valence-corrected chi connectivity index (χ0v) is 15.2. The molecule has 0 saturated heterocycles. The van der Waals surface area contributed by atoms with Crippen LogP contribution in [0.15, 0.2) is 48.8 Å². The molecule has 0 amide bonds. The van der Waals surface area contributed by atoms with Crippen LogP contribution in [0, 0.1) is 5.82 Å². The van der Waals surface area contributed by atoms with Crippen LogP contribution in [0.2, 0.25) is 0 Å². The first kappa shape index (κ1) is 18.8. The van der Waals surface area contributed by atoms with E-state index in [4.69, 9.17) is 0 Å². The van der Waals surface area contributed by atoms with Crippen LogP contribution in [-0.4, -0.2) is 25.6 Å². The quantitative estimate of drug-likeness (QED) is 0.656. The van der Waals surface area contributed by atoms with E-state index in [1.54, 1.807) is 30.5 Å². The van der Waals surface area contributed by atoms with Gasteiger partial charge in [-0.05, 0) is 49.1 Å². The Kier molecular flexibility index (Phi) is 5.96. The number of aromatic carboxylic acids is 1. The monoisotopic (exact) mass is 367 g/mol. The summed E-state index contributed by atoms with van der Waals surface area (Å²) >= 11 is 0. The largest absolute Gasteiger partial charge is 0.478 e. The molecule has 0 fully saturated rings. The first-order chi connectivity index (χ1) is 13.0. The van der Waals surface area contributed by atoms with Gasteiger partial charge in [-0.25, -0.2) is 14.2 Å². The molecule has 0 atom stereocenters. The molecule has 27 heavy (non-hydrogen) atoms. The number of imidazole rings is 1. The van der Waals surface area contributed by atoms with Gasteiger partial charge < -0.3 is 9.67 Å². The third kappa shape index (κ3) is 5.00. The summed E-state index contributed by atoms with van der Waals surface area (Å²) in [5, 5.41) is 9.23. The second-order valence-electron chi connectivity index (χ2n) is 6.45. The van der Waals surface area contributed by atoms with E-state index < -0.39 is 5.97 Å². The SMILES string of the molecule is CCc1cc(C(=O)O)cc(CCCc2nccn2Cc2ccc(F)cc2)n1. The van der Waals surface area contributed by atoms with Crippen molar-refractivity contribution < 1.29 is 14.3 Å². The molecular weight excluding hydrogens is 345 g/mol. The number of rotatable bonds is 8. The Bertz CT molecular complexity index is 919. The van der Waals surface area contributed by atoms with Crippen molar-refractivity contribution in [2.24, 2.45) is 0 Å². The van der Waals surface area contributed by atoms with Crippen molar-refractivity contribution in [1.82, 2.24) is 14.5 Å². The van der Waals surface area contributed by atoms with Gasteiger partial charge >= 0.3 is 5.97 Å². The Balaban J connectivity index is 1.63. The molecule has 0 aliphatic rings. The number of halogens is 1. The van der Waals surface area contributed by atoms with Crippen LogP contribution >= 0.6 is 0 Å². The zero-order valence-electron chi connectivity index (χ0n) is 15.2. The second kappa shape index (κ2) is 8.58. The van der Waals surface area contributed by atoms with Crippen molar-refractivity contribution in [2.75, 3.05) is 0 Å². The molecule has 3 rings (SSSR count). The minimum Gasteiger partial charge on any atom is -0.478 e. The summed E-state index contributed by atoms with van der Waals surface area (Å²) in [6.45, 7) is 2.60. The fraction of sp³-hybridized carbons (Fsp3) is 0.286. The topological polar surface area (TPSA) is 68.0 Å². The average molecular weight is 367 g/mol. The normalized spacial score (nSPS) is 10.9. The van der Waals surface area contributed by atoms with Gasteiger partial charge in [-0.1, -0.05) is 19.1 Å². The number of carboxylic acids is 1. The van der Waals surface area contributed by atoms with E-state index >= 15 is 0 Å². The van der Waals surface area contributed by atoms with Crippen LogP contribution in [0.3, 0.4) is 0 Å². The summed E-state index contributed by atoms with van der Waals surface area (Å²) < 4.78 is 15.1. The highest BCUT2D eigenvalue weighted by Gasteiger charge is 2.09. The molecule has 5 nitrogen and oxygen atoms in total. The fourth-order valence-corrected chi connectivity index (χ4v) is 3.01. The van der Waals surface area contributed by atoms with Crippen molar-refractivity contribution in [1.29, 1.82) is 0 Å². The van der Waals surface area contributed by atoms with E-state index in [0.717, 1.165) is 35.6 Å². The van der Waals surface area contributed by atoms with Gasteiger partial charge in [0, 0.05) is 36.7 Å². The summed E-state index contributed by atoms with van der Waals surface area (Å²) in [6, 6.07) is 9.73. The first-order valence-electron chi connectivity index (χ1n) is 9.02. The second-order valence-corrected chi connectivity index (χ2v) is 6.45. The summed E-state index contributed by atoms with van der Waals surface area (Å²) in [4.78, 5) is 20.2. The van der Waals surface area contributed by atoms with Crippen LogP contribution < -0.4 is 0 Å². The van der Waals surface area contributed by atoms with Gasteiger partial charge in [0.25, 0.3) is 0 Å². The van der Waals surface area contributed by atoms with E-state index in [2.05, 4.69) is 9.97 Å². The summed E-state index contributed by atoms with van der Waals surface area (Å²) in [6.07, 6.45) is 6.65. The lowest BCUT2D eigenvalue weighted by Gasteiger charge is -2.09. The number of pyridine rings is 1. The molecule has 0 aliphatic carbocycles. The molecule has 0 spiro atoms. The highest BCUT2D eigenvalue weighted by molar-refractivity contribution is 5.87. The molecule has 0 saturated carbocycles. The number of nitrogens with zero attached hydrogens (tertiary/aromatic N) is 3. The van der Waals surface area contributed by atoms with Gasteiger partial charge in [0.15, 0.2) is 0 Å². The van der Waals surface area contributed by atoms with Gasteiger partial charge in [-0.2, -0.15) is 0 Å². The van der Waals surface area contributed by atoms with Gasteiger partial charge in [-0.3, -0.25) is 4.98 Å². The number of aryl methyl sites for hydroxylation is 3. The summed E-state index contributed by atoms with van der Waals surface area (Å²) in [7, 11) is 0. The van der Waals surface area contributed by atoms with Crippen molar-refractivity contribution in [3.63, 3.8) is 0 Å². The molecule has 0 aliphatic heterocycles. The van der Waals surface area contributed by atoms with Crippen molar-refractivity contribution in [3.8, 4) is 0 Å². The fourth-order valence-electron chi connectivity index (χ4n) is 3.01. The molecule has 1 aromatic carbocycles. The highest BCUT2D eigenvalue weighted by atomic mass is 19.1. The minimum atomic E-state index is -0.928. The lowest BCUT2D eigenvalue weighted by Crippen LogP contribution is -2.06. The van der Waals surface area contributed by atoms with Gasteiger partial charge in [0.2, 0.25) is 0 Å². The van der Waals surface area contributed by atoms with E-state index in [-0.39, 0.29) is 11.4 Å². The van der Waals surface area contributed by atoms with Crippen LogP contribution in [-0.2, 0) is 25.8 Å². The maximum atomic E-state index is 13.0. The molecule has 2 heterocycles. The van der Waals surface area contributed by atoms with Crippen LogP contribution in [0.5, 0.6) is 0 Å². The Morgan fingerprint density at radius 3 is 2.59 bits per heavy atom. The Morgan fingerprint density at radius 1 is 1.15 bits per heavy atom. The Morgan fingerprint density at radius 2 is 1.89 bits per heavy atom. The molecular formula is C21H22FN3O2. The lowest BCUT2D eigenvalue weighted by molar-refractivity contribution is 0.0696. The number of aromatic nitrogens is 3. The van der Waals surface area contributed by atoms with Crippen LogP contribution in [0.4, 0.5) is 4.39 Å². The van der Waals surface area contributed by atoms with Crippen molar-refractivity contribution >= 4 is 5.97 Å². The molecule has 6 heteroatoms. The van der Waals surface area contributed by atoms with E-state index in [1.807, 2.05) is 17.7 Å². The number of carbonyl (C=O) groups is 1. The van der Waals surface area contributed by atoms with Gasteiger partial charge in [0.1, 0.15) is 11.6 Å². The highest BCUT2D eigenvalue weighted by Crippen LogP contribution is 2.12. The smallest absolute Gasteiger partial charge is 0.335 e. The van der Waals surface area contributed by atoms with Gasteiger partial charge in [-0.15, -0.1) is 0 Å². The zero-order chi connectivity index (χ0) is 19.2. The molecule has 0 unspecified atom stereocenters. The predicted octanol–water partition coefficient (Wildman–Crippen LogP) is 3.90. The molecule has 0 bridgehead atoms. The Labute approximate surface area is 157 Å². The third-order valence-corrected chi connectivity index (χ3v) is 4.44. The van der Waals surface area contributed by atoms with Gasteiger partial charge in [0.05, 0.1) is 5.56 Å². The lowest BCUT2D eigenvalue weighted by atomic mass is 10.1. The molecule has 0 radical (unpaired) electrons. The number of hydrogen-bond donors (Lipinski definition) is 1. The molecule has 3 aromatic rings. The van der Waals surface area contributed by atoms with E-state index in [0.29, 0.717) is 19.4 Å². The van der Waals surface area contributed by atoms with Crippen molar-refractivity contribution in [2.45, 2.75) is 39.2 Å². The molecule has 1 N–H and O–H groups in total. The van der Waals surface area contributed by atoms with E-state index in [1.165, 1.54) is 12.1 Å². The maximum Gasteiger partial charge on any atom is 0.335 e. The van der Waals surface area contributed by atoms with E-state index in [9.17, 15) is 14.3 Å². The summed E-state index contributed by atoms with van der Waals surface area (Å²) in [5.74, 6) is -0.222. The van der Waals surface area contributed by atoms with Crippen LogP contribution in [0.1, 0.15) is 46.5 Å². The number of benzene rings is 1. The summed E-state index contributed by atoms with van der Waals surface area (Å²) in [5.41, 5.74) is 2.89. The average Bonchev–Trinajstić information content (AvgIpc) is 3.10. The molecule has 2 aromatic heterocycles. The Hall–Kier alpha value is -3.02. The third-order valence-electron chi connectivity index (χ3n) is 4.44. The van der Waals surface area contributed by atoms with Crippen molar-refractivity contribution in [3.05, 3.63) is 82.9 Å². The first-order valence-corrected chi connectivity index (χ1v) is 9.02. The standard InChI is InChI=1S/C21H22FN3O2/c1-2-18-12-16(21(26)27)13-19(24-18)4-3-5-20-23-10-11-25(20)14-15-6-8-17(22)9-7-15/h6-13H,2-5,14H2,1H3,(H,26,27).